The van der Waals surface area contributed by atoms with Gasteiger partial charge >= 0.3 is 0 Å². The number of hydrogen-bond acceptors (Lipinski definition) is 5. The molecule has 0 aromatic carbocycles. The Morgan fingerprint density at radius 2 is 2.19 bits per heavy atom. The number of aromatic nitrogens is 3. The maximum atomic E-state index is 12.3. The van der Waals surface area contributed by atoms with Crippen molar-refractivity contribution in [1.82, 2.24) is 25.2 Å². The van der Waals surface area contributed by atoms with E-state index in [-0.39, 0.29) is 24.9 Å². The molecule has 7 nitrogen and oxygen atoms in total. The Balaban J connectivity index is 0.000000254. The number of fused-ring (bicyclic) bond motifs is 1. The van der Waals surface area contributed by atoms with Crippen LogP contribution in [0.5, 0.6) is 0 Å². The van der Waals surface area contributed by atoms with E-state index in [1.165, 1.54) is 0 Å². The van der Waals surface area contributed by atoms with E-state index in [4.69, 9.17) is 11.6 Å². The van der Waals surface area contributed by atoms with Gasteiger partial charge < -0.3 is 15.2 Å². The van der Waals surface area contributed by atoms with Crippen LogP contribution in [0, 0.1) is 6.92 Å². The van der Waals surface area contributed by atoms with E-state index in [9.17, 15) is 18.4 Å². The maximum absolute atomic E-state index is 12.3. The average Bonchev–Trinajstić information content (AvgIpc) is 3.39. The van der Waals surface area contributed by atoms with E-state index in [1.54, 1.807) is 29.7 Å². The van der Waals surface area contributed by atoms with Crippen molar-refractivity contribution in [3.8, 4) is 0 Å². The largest absolute Gasteiger partial charge is 0.348 e. The van der Waals surface area contributed by atoms with Crippen LogP contribution in [0.4, 0.5) is 8.78 Å². The first-order valence-corrected chi connectivity index (χ1v) is 10.8. The third-order valence-electron chi connectivity index (χ3n) is 4.58. The Morgan fingerprint density at radius 1 is 1.42 bits per heavy atom. The van der Waals surface area contributed by atoms with E-state index >= 15 is 0 Å². The summed E-state index contributed by atoms with van der Waals surface area (Å²) in [5.41, 5.74) is 1.14. The fourth-order valence-corrected chi connectivity index (χ4v) is 4.21. The Labute approximate surface area is 186 Å². The minimum atomic E-state index is -2.64. The number of thiazole rings is 1. The van der Waals surface area contributed by atoms with Crippen LogP contribution in [0.2, 0.25) is 5.02 Å². The summed E-state index contributed by atoms with van der Waals surface area (Å²) >= 11 is 7.55. The second-order valence-electron chi connectivity index (χ2n) is 7.38. The standard InChI is InChI=1S/C15H15ClN4OS.C5H7F2NO/c1-8(3-12-7-17-9(2)22-12)19-15(21)13-5-10-4-11(16)6-18-14(10)20-13;6-5(7)1-2-8(3-5)4-9/h4-8H,3H2,1-2H3,(H,18,20)(H,19,21);4H,1-3H2. The van der Waals surface area contributed by atoms with E-state index < -0.39 is 12.5 Å². The van der Waals surface area contributed by atoms with Crippen molar-refractivity contribution < 1.29 is 18.4 Å². The van der Waals surface area contributed by atoms with E-state index in [1.807, 2.05) is 20.0 Å². The average molecular weight is 470 g/mol. The number of amides is 2. The quantitative estimate of drug-likeness (QED) is 0.556. The highest BCUT2D eigenvalue weighted by molar-refractivity contribution is 7.11. The summed E-state index contributed by atoms with van der Waals surface area (Å²) in [6.07, 6.45) is 4.45. The minimum absolute atomic E-state index is 0.0234. The number of aromatic amines is 1. The molecule has 2 N–H and O–H groups in total. The number of alkyl halides is 2. The van der Waals surface area contributed by atoms with Crippen LogP contribution in [0.1, 0.15) is 33.7 Å². The van der Waals surface area contributed by atoms with Gasteiger partial charge in [0.05, 0.1) is 16.6 Å². The minimum Gasteiger partial charge on any atom is -0.348 e. The Morgan fingerprint density at radius 3 is 2.77 bits per heavy atom. The molecule has 0 aliphatic carbocycles. The molecule has 1 aliphatic heterocycles. The smallest absolute Gasteiger partial charge is 0.267 e. The first-order chi connectivity index (χ1) is 14.6. The first kappa shape index (κ1) is 23.1. The van der Waals surface area contributed by atoms with Gasteiger partial charge in [-0.1, -0.05) is 11.6 Å². The SMILES string of the molecule is Cc1ncc(CC(C)NC(=O)c2cc3cc(Cl)cnc3[nH]2)s1.O=CN1CCC(F)(F)C1. The number of carbonyl (C=O) groups excluding carboxylic acids is 2. The number of rotatable bonds is 5. The molecule has 2 amide bonds. The van der Waals surface area contributed by atoms with Crippen LogP contribution in [0.25, 0.3) is 11.0 Å². The van der Waals surface area contributed by atoms with Crippen LogP contribution >= 0.6 is 22.9 Å². The summed E-state index contributed by atoms with van der Waals surface area (Å²) in [6.45, 7) is 3.73. The lowest BCUT2D eigenvalue weighted by Crippen LogP contribution is -2.34. The van der Waals surface area contributed by atoms with Gasteiger partial charge in [0.15, 0.2) is 0 Å². The van der Waals surface area contributed by atoms with Gasteiger partial charge in [-0.15, -0.1) is 11.3 Å². The second-order valence-corrected chi connectivity index (χ2v) is 9.14. The fraction of sp³-hybridized carbons (Fsp3) is 0.400. The number of likely N-dealkylation sites (tertiary alicyclic amines) is 1. The predicted octanol–water partition coefficient (Wildman–Crippen LogP) is 3.83. The molecule has 0 saturated carbocycles. The van der Waals surface area contributed by atoms with Crippen LogP contribution in [-0.4, -0.2) is 57.2 Å². The molecule has 31 heavy (non-hydrogen) atoms. The van der Waals surface area contributed by atoms with Gasteiger partial charge in [0.2, 0.25) is 6.41 Å². The summed E-state index contributed by atoms with van der Waals surface area (Å²) in [6, 6.07) is 3.56. The number of aryl methyl sites for hydroxylation is 1. The molecule has 0 radical (unpaired) electrons. The van der Waals surface area contributed by atoms with Crippen LogP contribution in [-0.2, 0) is 11.2 Å². The summed E-state index contributed by atoms with van der Waals surface area (Å²) in [7, 11) is 0. The molecule has 1 saturated heterocycles. The Bertz CT molecular complexity index is 1070. The van der Waals surface area contributed by atoms with Crippen molar-refractivity contribution in [3.63, 3.8) is 0 Å². The number of nitrogens with one attached hydrogen (secondary N) is 2. The van der Waals surface area contributed by atoms with Crippen molar-refractivity contribution in [3.05, 3.63) is 45.1 Å². The van der Waals surface area contributed by atoms with Gasteiger partial charge in [-0.2, -0.15) is 0 Å². The molecule has 166 valence electrons. The molecule has 3 aromatic heterocycles. The predicted molar refractivity (Wildman–Crippen MR) is 116 cm³/mol. The molecule has 1 fully saturated rings. The van der Waals surface area contributed by atoms with Gasteiger partial charge in [-0.05, 0) is 26.0 Å². The van der Waals surface area contributed by atoms with Crippen molar-refractivity contribution in [2.75, 3.05) is 13.1 Å². The number of nitrogens with zero attached hydrogens (tertiary/aromatic N) is 3. The van der Waals surface area contributed by atoms with Gasteiger partial charge in [0.1, 0.15) is 11.3 Å². The van der Waals surface area contributed by atoms with E-state index in [0.29, 0.717) is 22.8 Å². The molecular weight excluding hydrogens is 448 g/mol. The lowest BCUT2D eigenvalue weighted by atomic mass is 10.2. The summed E-state index contributed by atoms with van der Waals surface area (Å²) < 4.78 is 24.4. The molecule has 3 aromatic rings. The molecule has 4 rings (SSSR count). The van der Waals surface area contributed by atoms with Crippen molar-refractivity contribution in [2.45, 2.75) is 38.7 Å². The molecule has 1 aliphatic rings. The Hall–Kier alpha value is -2.59. The molecule has 0 bridgehead atoms. The Kier molecular flexibility index (Phi) is 7.22. The number of halogens is 3. The summed E-state index contributed by atoms with van der Waals surface area (Å²) in [5.74, 6) is -2.79. The lowest BCUT2D eigenvalue weighted by Gasteiger charge is -2.11. The molecule has 4 heterocycles. The maximum Gasteiger partial charge on any atom is 0.267 e. The lowest BCUT2D eigenvalue weighted by molar-refractivity contribution is -0.118. The molecule has 11 heteroatoms. The van der Waals surface area contributed by atoms with Crippen molar-refractivity contribution in [2.24, 2.45) is 0 Å². The van der Waals surface area contributed by atoms with Gasteiger partial charge in [0.25, 0.3) is 11.8 Å². The summed E-state index contributed by atoms with van der Waals surface area (Å²) in [4.78, 5) is 35.8. The highest BCUT2D eigenvalue weighted by Crippen LogP contribution is 2.25. The van der Waals surface area contributed by atoms with E-state index in [2.05, 4.69) is 20.3 Å². The van der Waals surface area contributed by atoms with Crippen LogP contribution in [0.15, 0.2) is 24.5 Å². The molecule has 0 spiro atoms. The van der Waals surface area contributed by atoms with Gasteiger partial charge in [-0.25, -0.2) is 18.7 Å². The van der Waals surface area contributed by atoms with Crippen molar-refractivity contribution >= 4 is 46.3 Å². The number of hydrogen-bond donors (Lipinski definition) is 2. The van der Waals surface area contributed by atoms with Crippen molar-refractivity contribution in [1.29, 1.82) is 0 Å². The third kappa shape index (κ3) is 6.44. The molecule has 1 unspecified atom stereocenters. The highest BCUT2D eigenvalue weighted by Gasteiger charge is 2.37. The molecular formula is C20H22ClF2N5O2S. The zero-order valence-electron chi connectivity index (χ0n) is 17.0. The number of carbonyl (C=O) groups is 2. The van der Waals surface area contributed by atoms with Crippen LogP contribution in [0.3, 0.4) is 0 Å². The topological polar surface area (TPSA) is 91.0 Å². The second kappa shape index (κ2) is 9.69. The fourth-order valence-electron chi connectivity index (χ4n) is 3.12. The normalized spacial score (nSPS) is 16.0. The number of H-pyrrole nitrogens is 1. The highest BCUT2D eigenvalue weighted by atomic mass is 35.5. The van der Waals surface area contributed by atoms with E-state index in [0.717, 1.165) is 26.6 Å². The monoisotopic (exact) mass is 469 g/mol. The molecule has 1 atom stereocenters. The van der Waals surface area contributed by atoms with Crippen LogP contribution < -0.4 is 5.32 Å². The van der Waals surface area contributed by atoms with Gasteiger partial charge in [0, 0.05) is 48.1 Å². The zero-order valence-corrected chi connectivity index (χ0v) is 18.6. The summed E-state index contributed by atoms with van der Waals surface area (Å²) in [5, 5.41) is 5.38. The number of pyridine rings is 1. The van der Waals surface area contributed by atoms with Gasteiger partial charge in [-0.3, -0.25) is 9.59 Å². The zero-order chi connectivity index (χ0) is 22.6. The third-order valence-corrected chi connectivity index (χ3v) is 5.73. The first-order valence-electron chi connectivity index (χ1n) is 9.59.